The first-order valence-electron chi connectivity index (χ1n) is 9.18. The molecule has 0 unspecified atom stereocenters. The van der Waals surface area contributed by atoms with Crippen LogP contribution in [0.5, 0.6) is 0 Å². The van der Waals surface area contributed by atoms with E-state index in [0.29, 0.717) is 22.8 Å². The molecule has 4 nitrogen and oxygen atoms in total. The SMILES string of the molecule is CN1C[C@H]2CN(Cc3ccc(S(C)(=O)=O)cc3)C[C@H]2[C@@H]1c1ccccc1. The van der Waals surface area contributed by atoms with Gasteiger partial charge in [0.2, 0.25) is 0 Å². The molecular formula is C21H26N2O2S. The number of fused-ring (bicyclic) bond motifs is 1. The fraction of sp³-hybridized carbons (Fsp3) is 0.429. The Morgan fingerprint density at radius 3 is 2.31 bits per heavy atom. The predicted octanol–water partition coefficient (Wildman–Crippen LogP) is 2.82. The van der Waals surface area contributed by atoms with Crippen molar-refractivity contribution in [1.29, 1.82) is 0 Å². The van der Waals surface area contributed by atoms with E-state index >= 15 is 0 Å². The number of hydrogen-bond donors (Lipinski definition) is 0. The van der Waals surface area contributed by atoms with Crippen molar-refractivity contribution in [2.24, 2.45) is 11.8 Å². The molecule has 0 spiro atoms. The molecule has 5 heteroatoms. The molecule has 2 aromatic carbocycles. The minimum atomic E-state index is -3.12. The molecule has 0 aromatic heterocycles. The lowest BCUT2D eigenvalue weighted by Crippen LogP contribution is -2.28. The van der Waals surface area contributed by atoms with Gasteiger partial charge in [-0.25, -0.2) is 8.42 Å². The standard InChI is InChI=1S/C21H26N2O2S/c1-22-13-18-14-23(12-16-8-10-19(11-9-16)26(2,24)25)15-20(18)21(22)17-6-4-3-5-7-17/h3-11,18,20-21H,12-15H2,1-2H3/t18-,20+,21-/m0/s1. The van der Waals surface area contributed by atoms with Gasteiger partial charge in [0.05, 0.1) is 4.90 Å². The highest BCUT2D eigenvalue weighted by Gasteiger charge is 2.45. The zero-order valence-corrected chi connectivity index (χ0v) is 16.2. The van der Waals surface area contributed by atoms with E-state index in [1.807, 2.05) is 12.1 Å². The number of likely N-dealkylation sites (tertiary alicyclic amines) is 2. The molecule has 3 atom stereocenters. The highest BCUT2D eigenvalue weighted by atomic mass is 32.2. The molecule has 2 aromatic rings. The van der Waals surface area contributed by atoms with E-state index in [4.69, 9.17) is 0 Å². The Balaban J connectivity index is 1.46. The second kappa shape index (κ2) is 6.80. The zero-order valence-electron chi connectivity index (χ0n) is 15.4. The highest BCUT2D eigenvalue weighted by molar-refractivity contribution is 7.90. The topological polar surface area (TPSA) is 40.6 Å². The van der Waals surface area contributed by atoms with Crippen molar-refractivity contribution in [3.05, 3.63) is 65.7 Å². The van der Waals surface area contributed by atoms with Gasteiger partial charge >= 0.3 is 0 Å². The van der Waals surface area contributed by atoms with Crippen molar-refractivity contribution in [3.8, 4) is 0 Å². The van der Waals surface area contributed by atoms with Gasteiger partial charge in [0.1, 0.15) is 0 Å². The fourth-order valence-corrected chi connectivity index (χ4v) is 5.36. The zero-order chi connectivity index (χ0) is 18.3. The minimum absolute atomic E-state index is 0.394. The maximum Gasteiger partial charge on any atom is 0.175 e. The number of hydrogen-bond acceptors (Lipinski definition) is 4. The van der Waals surface area contributed by atoms with Crippen LogP contribution in [-0.4, -0.2) is 51.2 Å². The molecule has 26 heavy (non-hydrogen) atoms. The molecule has 0 radical (unpaired) electrons. The number of sulfone groups is 1. The van der Waals surface area contributed by atoms with Gasteiger partial charge in [0.15, 0.2) is 9.84 Å². The lowest BCUT2D eigenvalue weighted by Gasteiger charge is -2.27. The first-order chi connectivity index (χ1) is 12.4. The third-order valence-corrected chi connectivity index (χ3v) is 7.00. The molecule has 2 heterocycles. The van der Waals surface area contributed by atoms with E-state index in [1.54, 1.807) is 12.1 Å². The Bertz CT molecular complexity index is 865. The van der Waals surface area contributed by atoms with Crippen molar-refractivity contribution >= 4 is 9.84 Å². The van der Waals surface area contributed by atoms with Crippen LogP contribution in [-0.2, 0) is 16.4 Å². The van der Waals surface area contributed by atoms with Crippen LogP contribution in [0.2, 0.25) is 0 Å². The molecule has 2 saturated heterocycles. The summed E-state index contributed by atoms with van der Waals surface area (Å²) in [6.45, 7) is 4.25. The molecule has 2 aliphatic heterocycles. The highest BCUT2D eigenvalue weighted by Crippen LogP contribution is 2.44. The van der Waals surface area contributed by atoms with Crippen LogP contribution in [0, 0.1) is 11.8 Å². The van der Waals surface area contributed by atoms with E-state index in [2.05, 4.69) is 47.2 Å². The first-order valence-corrected chi connectivity index (χ1v) is 11.1. The van der Waals surface area contributed by atoms with Crippen molar-refractivity contribution in [2.45, 2.75) is 17.5 Å². The van der Waals surface area contributed by atoms with Gasteiger partial charge in [0, 0.05) is 38.5 Å². The summed E-state index contributed by atoms with van der Waals surface area (Å²) in [4.78, 5) is 5.42. The Morgan fingerprint density at radius 2 is 1.65 bits per heavy atom. The summed E-state index contributed by atoms with van der Waals surface area (Å²) >= 11 is 0. The molecule has 138 valence electrons. The Kier molecular flexibility index (Phi) is 4.63. The van der Waals surface area contributed by atoms with Crippen molar-refractivity contribution in [3.63, 3.8) is 0 Å². The molecular weight excluding hydrogens is 344 g/mol. The van der Waals surface area contributed by atoms with Crippen molar-refractivity contribution < 1.29 is 8.42 Å². The third kappa shape index (κ3) is 3.43. The summed E-state index contributed by atoms with van der Waals surface area (Å²) < 4.78 is 23.2. The normalized spacial score (nSPS) is 26.9. The maximum atomic E-state index is 11.6. The van der Waals surface area contributed by atoms with Gasteiger partial charge in [-0.3, -0.25) is 9.80 Å². The minimum Gasteiger partial charge on any atom is -0.299 e. The number of rotatable bonds is 4. The Morgan fingerprint density at radius 1 is 0.962 bits per heavy atom. The van der Waals surface area contributed by atoms with E-state index in [9.17, 15) is 8.42 Å². The van der Waals surface area contributed by atoms with Gasteiger partial charge in [-0.1, -0.05) is 42.5 Å². The van der Waals surface area contributed by atoms with Gasteiger partial charge in [-0.2, -0.15) is 0 Å². The van der Waals surface area contributed by atoms with Gasteiger partial charge in [0.25, 0.3) is 0 Å². The van der Waals surface area contributed by atoms with Crippen molar-refractivity contribution in [2.75, 3.05) is 32.9 Å². The first kappa shape index (κ1) is 17.7. The molecule has 0 saturated carbocycles. The van der Waals surface area contributed by atoms with Crippen LogP contribution in [0.25, 0.3) is 0 Å². The van der Waals surface area contributed by atoms with Crippen LogP contribution in [0.4, 0.5) is 0 Å². The van der Waals surface area contributed by atoms with Crippen LogP contribution in [0.1, 0.15) is 17.2 Å². The fourth-order valence-electron chi connectivity index (χ4n) is 4.73. The molecule has 0 bridgehead atoms. The van der Waals surface area contributed by atoms with Crippen LogP contribution in [0.3, 0.4) is 0 Å². The molecule has 0 aliphatic carbocycles. The Hall–Kier alpha value is -1.69. The quantitative estimate of drug-likeness (QED) is 0.830. The average molecular weight is 371 g/mol. The van der Waals surface area contributed by atoms with Gasteiger partial charge < -0.3 is 0 Å². The van der Waals surface area contributed by atoms with Gasteiger partial charge in [-0.05, 0) is 42.1 Å². The second-order valence-corrected chi connectivity index (χ2v) is 9.84. The molecule has 2 fully saturated rings. The van der Waals surface area contributed by atoms with E-state index in [1.165, 1.54) is 17.4 Å². The summed E-state index contributed by atoms with van der Waals surface area (Å²) in [7, 11) is -0.882. The predicted molar refractivity (Wildman–Crippen MR) is 104 cm³/mol. The van der Waals surface area contributed by atoms with Crippen LogP contribution >= 0.6 is 0 Å². The molecule has 4 rings (SSSR count). The van der Waals surface area contributed by atoms with E-state index in [-0.39, 0.29) is 0 Å². The Labute approximate surface area is 156 Å². The maximum absolute atomic E-state index is 11.6. The number of benzene rings is 2. The summed E-state index contributed by atoms with van der Waals surface area (Å²) in [5, 5.41) is 0. The lowest BCUT2D eigenvalue weighted by atomic mass is 9.90. The summed E-state index contributed by atoms with van der Waals surface area (Å²) in [6.07, 6.45) is 1.25. The molecule has 0 N–H and O–H groups in total. The van der Waals surface area contributed by atoms with Crippen molar-refractivity contribution in [1.82, 2.24) is 9.80 Å². The smallest absolute Gasteiger partial charge is 0.175 e. The number of nitrogens with zero attached hydrogens (tertiary/aromatic N) is 2. The summed E-state index contributed by atoms with van der Waals surface area (Å²) in [5.74, 6) is 1.37. The lowest BCUT2D eigenvalue weighted by molar-refractivity contribution is 0.224. The van der Waals surface area contributed by atoms with Crippen LogP contribution in [0.15, 0.2) is 59.5 Å². The largest absolute Gasteiger partial charge is 0.299 e. The monoisotopic (exact) mass is 370 g/mol. The third-order valence-electron chi connectivity index (χ3n) is 5.87. The summed E-state index contributed by atoms with van der Waals surface area (Å²) in [5.41, 5.74) is 2.60. The van der Waals surface area contributed by atoms with E-state index < -0.39 is 9.84 Å². The second-order valence-electron chi connectivity index (χ2n) is 7.83. The average Bonchev–Trinajstić information content (AvgIpc) is 3.11. The van der Waals surface area contributed by atoms with E-state index in [0.717, 1.165) is 26.2 Å². The van der Waals surface area contributed by atoms with Gasteiger partial charge in [-0.15, -0.1) is 0 Å². The molecule has 2 aliphatic rings. The van der Waals surface area contributed by atoms with Crippen LogP contribution < -0.4 is 0 Å². The molecule has 0 amide bonds. The summed E-state index contributed by atoms with van der Waals surface area (Å²) in [6, 6.07) is 18.7.